The fourth-order valence-electron chi connectivity index (χ4n) is 1.61. The van der Waals surface area contributed by atoms with Gasteiger partial charge in [0.1, 0.15) is 11.5 Å². The number of nitrogens with one attached hydrogen (secondary N) is 3. The van der Waals surface area contributed by atoms with Crippen LogP contribution in [0.2, 0.25) is 0 Å². The molecule has 0 atom stereocenters. The number of rotatable bonds is 7. The molecule has 0 spiro atoms. The molecule has 0 unspecified atom stereocenters. The summed E-state index contributed by atoms with van der Waals surface area (Å²) in [5.41, 5.74) is 12.2. The molecule has 136 valence electrons. The maximum atomic E-state index is 11.4. The van der Waals surface area contributed by atoms with E-state index in [0.717, 1.165) is 6.07 Å². The van der Waals surface area contributed by atoms with Gasteiger partial charge >= 0.3 is 17.8 Å². The predicted molar refractivity (Wildman–Crippen MR) is 90.3 cm³/mol. The Morgan fingerprint density at radius 3 is 2.72 bits per heavy atom. The maximum Gasteiger partial charge on any atom is 0.412 e. The Labute approximate surface area is 141 Å². The van der Waals surface area contributed by atoms with E-state index < -0.39 is 22.7 Å². The number of nitrogens with zero attached hydrogens (tertiary/aromatic N) is 3. The second-order valence-electron chi connectivity index (χ2n) is 4.57. The van der Waals surface area contributed by atoms with Gasteiger partial charge in [-0.25, -0.2) is 20.0 Å². The molecule has 3 amide bonds. The normalized spacial score (nSPS) is 10.7. The van der Waals surface area contributed by atoms with E-state index in [1.807, 2.05) is 5.43 Å². The number of pyridine rings is 1. The van der Waals surface area contributed by atoms with Crippen molar-refractivity contribution < 1.29 is 19.2 Å². The Kier molecular flexibility index (Phi) is 6.87. The minimum Gasteiger partial charge on any atom is -0.450 e. The summed E-state index contributed by atoms with van der Waals surface area (Å²) in [6, 6.07) is 0.281. The number of carbonyl (C=O) groups is 2. The third kappa shape index (κ3) is 6.17. The number of aromatic nitrogens is 1. The van der Waals surface area contributed by atoms with Crippen LogP contribution in [0.5, 0.6) is 0 Å². The third-order valence-electron chi connectivity index (χ3n) is 2.58. The quantitative estimate of drug-likeness (QED) is 0.266. The number of ether oxygens (including phenoxy) is 1. The number of nitrogens with two attached hydrogens (primary N) is 2. The Hall–Kier alpha value is -3.64. The van der Waals surface area contributed by atoms with E-state index in [4.69, 9.17) is 16.2 Å². The van der Waals surface area contributed by atoms with Gasteiger partial charge in [-0.3, -0.25) is 15.4 Å². The smallest absolute Gasteiger partial charge is 0.412 e. The summed E-state index contributed by atoms with van der Waals surface area (Å²) in [4.78, 5) is 36.4. The van der Waals surface area contributed by atoms with E-state index in [9.17, 15) is 19.7 Å². The summed E-state index contributed by atoms with van der Waals surface area (Å²) in [5.74, 6) is -0.223. The molecule has 0 aliphatic carbocycles. The van der Waals surface area contributed by atoms with Crippen LogP contribution in [-0.4, -0.2) is 40.9 Å². The molecule has 0 bridgehead atoms. The summed E-state index contributed by atoms with van der Waals surface area (Å²) < 4.78 is 4.70. The van der Waals surface area contributed by atoms with Crippen LogP contribution in [0.4, 0.5) is 32.6 Å². The second kappa shape index (κ2) is 8.85. The van der Waals surface area contributed by atoms with E-state index in [0.29, 0.717) is 5.71 Å². The Morgan fingerprint density at radius 1 is 1.48 bits per heavy atom. The summed E-state index contributed by atoms with van der Waals surface area (Å²) in [7, 11) is 0. The standard InChI is InChI=1S/C12H18N8O5/c1-3-25-12(22)17-8-4-7(13)9(20(23)24)10(16-8)15-5-6(2)18-19-11(14)21/h4H,3,5H2,1-2H3,(H3,14,19,21)(H4,13,15,16,17,22)/b18-6+. The summed E-state index contributed by atoms with van der Waals surface area (Å²) in [6.07, 6.45) is -0.780. The van der Waals surface area contributed by atoms with Crippen LogP contribution in [-0.2, 0) is 4.74 Å². The highest BCUT2D eigenvalue weighted by molar-refractivity contribution is 5.89. The molecule has 13 heteroatoms. The van der Waals surface area contributed by atoms with Gasteiger partial charge in [0.2, 0.25) is 5.82 Å². The molecule has 0 aromatic carbocycles. The van der Waals surface area contributed by atoms with Crippen LogP contribution in [0.25, 0.3) is 0 Å². The van der Waals surface area contributed by atoms with Crippen molar-refractivity contribution in [3.05, 3.63) is 16.2 Å². The zero-order valence-electron chi connectivity index (χ0n) is 13.5. The lowest BCUT2D eigenvalue weighted by molar-refractivity contribution is -0.383. The van der Waals surface area contributed by atoms with Crippen molar-refractivity contribution in [3.8, 4) is 0 Å². The number of urea groups is 1. The monoisotopic (exact) mass is 354 g/mol. The van der Waals surface area contributed by atoms with Crippen LogP contribution < -0.4 is 27.5 Å². The Morgan fingerprint density at radius 2 is 2.16 bits per heavy atom. The lowest BCUT2D eigenvalue weighted by Crippen LogP contribution is -2.27. The van der Waals surface area contributed by atoms with Crippen LogP contribution in [0.15, 0.2) is 11.2 Å². The topological polar surface area (TPSA) is 200 Å². The van der Waals surface area contributed by atoms with Gasteiger partial charge in [-0.15, -0.1) is 0 Å². The number of hydrogen-bond donors (Lipinski definition) is 5. The van der Waals surface area contributed by atoms with Gasteiger partial charge in [0.05, 0.1) is 23.8 Å². The SMILES string of the molecule is CCOC(=O)Nc1cc(N)c([N+](=O)[O-])c(NC/C(C)=N/NC(N)=O)n1. The lowest BCUT2D eigenvalue weighted by atomic mass is 10.3. The second-order valence-corrected chi connectivity index (χ2v) is 4.57. The first-order valence-corrected chi connectivity index (χ1v) is 6.95. The number of amides is 3. The summed E-state index contributed by atoms with van der Waals surface area (Å²) >= 11 is 0. The highest BCUT2D eigenvalue weighted by Crippen LogP contribution is 2.31. The molecule has 13 nitrogen and oxygen atoms in total. The molecule has 0 fully saturated rings. The van der Waals surface area contributed by atoms with Crippen molar-refractivity contribution in [3.63, 3.8) is 0 Å². The first-order chi connectivity index (χ1) is 11.7. The number of nitro groups is 1. The van der Waals surface area contributed by atoms with Crippen molar-refractivity contribution in [1.29, 1.82) is 0 Å². The number of hydrogen-bond acceptors (Lipinski definition) is 9. The number of hydrazone groups is 1. The first-order valence-electron chi connectivity index (χ1n) is 6.95. The van der Waals surface area contributed by atoms with E-state index in [-0.39, 0.29) is 30.5 Å². The highest BCUT2D eigenvalue weighted by Gasteiger charge is 2.22. The lowest BCUT2D eigenvalue weighted by Gasteiger charge is -2.11. The molecule has 1 heterocycles. The van der Waals surface area contributed by atoms with Gasteiger partial charge in [-0.1, -0.05) is 0 Å². The number of carbonyl (C=O) groups excluding carboxylic acids is 2. The fraction of sp³-hybridized carbons (Fsp3) is 0.333. The van der Waals surface area contributed by atoms with Crippen LogP contribution in [0, 0.1) is 10.1 Å². The van der Waals surface area contributed by atoms with Gasteiger partial charge in [0, 0.05) is 6.07 Å². The Bertz CT molecular complexity index is 705. The van der Waals surface area contributed by atoms with E-state index in [1.165, 1.54) is 0 Å². The average molecular weight is 354 g/mol. The molecule has 0 saturated heterocycles. The zero-order valence-corrected chi connectivity index (χ0v) is 13.5. The van der Waals surface area contributed by atoms with Crippen molar-refractivity contribution >= 4 is 40.8 Å². The molecular weight excluding hydrogens is 336 g/mol. The van der Waals surface area contributed by atoms with E-state index in [2.05, 4.69) is 20.7 Å². The van der Waals surface area contributed by atoms with Crippen LogP contribution >= 0.6 is 0 Å². The fourth-order valence-corrected chi connectivity index (χ4v) is 1.61. The molecule has 0 aliphatic rings. The van der Waals surface area contributed by atoms with Gasteiger partial charge in [0.25, 0.3) is 0 Å². The van der Waals surface area contributed by atoms with E-state index >= 15 is 0 Å². The van der Waals surface area contributed by atoms with E-state index in [1.54, 1.807) is 13.8 Å². The van der Waals surface area contributed by atoms with Crippen LogP contribution in [0.3, 0.4) is 0 Å². The number of nitrogen functional groups attached to an aromatic ring is 1. The van der Waals surface area contributed by atoms with Crippen molar-refractivity contribution in [2.45, 2.75) is 13.8 Å². The zero-order chi connectivity index (χ0) is 19.0. The molecular formula is C12H18N8O5. The third-order valence-corrected chi connectivity index (χ3v) is 2.58. The minimum absolute atomic E-state index is 0.00355. The molecule has 0 aliphatic heterocycles. The molecule has 0 saturated carbocycles. The molecule has 1 aromatic heterocycles. The molecule has 1 rings (SSSR count). The van der Waals surface area contributed by atoms with Gasteiger partial charge < -0.3 is 21.5 Å². The van der Waals surface area contributed by atoms with Gasteiger partial charge in [-0.2, -0.15) is 5.10 Å². The molecule has 7 N–H and O–H groups in total. The Balaban J connectivity index is 3.03. The van der Waals surface area contributed by atoms with Gasteiger partial charge in [-0.05, 0) is 13.8 Å². The largest absolute Gasteiger partial charge is 0.450 e. The predicted octanol–water partition coefficient (Wildman–Crippen LogP) is 0.597. The van der Waals surface area contributed by atoms with Crippen molar-refractivity contribution in [2.24, 2.45) is 10.8 Å². The minimum atomic E-state index is -0.853. The molecule has 0 radical (unpaired) electrons. The summed E-state index contributed by atoms with van der Waals surface area (Å²) in [5, 5.41) is 19.8. The van der Waals surface area contributed by atoms with Crippen LogP contribution in [0.1, 0.15) is 13.8 Å². The molecule has 1 aromatic rings. The summed E-state index contributed by atoms with van der Waals surface area (Å²) in [6.45, 7) is 3.30. The van der Waals surface area contributed by atoms with Crippen molar-refractivity contribution in [1.82, 2.24) is 10.4 Å². The van der Waals surface area contributed by atoms with Crippen molar-refractivity contribution in [2.75, 3.05) is 29.5 Å². The number of primary amides is 1. The number of anilines is 3. The molecule has 25 heavy (non-hydrogen) atoms. The highest BCUT2D eigenvalue weighted by atomic mass is 16.6. The average Bonchev–Trinajstić information content (AvgIpc) is 2.50. The van der Waals surface area contributed by atoms with Gasteiger partial charge in [0.15, 0.2) is 0 Å². The maximum absolute atomic E-state index is 11.4. The first kappa shape index (κ1) is 19.4.